The van der Waals surface area contributed by atoms with Crippen molar-refractivity contribution in [1.29, 1.82) is 0 Å². The summed E-state index contributed by atoms with van der Waals surface area (Å²) in [5.74, 6) is 0.373. The normalized spacial score (nSPS) is 13.1. The van der Waals surface area contributed by atoms with Gasteiger partial charge in [0.15, 0.2) is 0 Å². The molecule has 1 N–H and O–H groups in total. The van der Waals surface area contributed by atoms with Gasteiger partial charge in [-0.3, -0.25) is 4.79 Å². The van der Waals surface area contributed by atoms with Gasteiger partial charge in [-0.05, 0) is 6.92 Å². The molecule has 11 heavy (non-hydrogen) atoms. The van der Waals surface area contributed by atoms with Crippen LogP contribution in [0.25, 0.3) is 0 Å². The molecule has 0 aliphatic rings. The molecule has 1 atom stereocenters. The summed E-state index contributed by atoms with van der Waals surface area (Å²) in [7, 11) is 0. The number of ketones is 1. The van der Waals surface area contributed by atoms with Crippen LogP contribution in [-0.4, -0.2) is 18.4 Å². The van der Waals surface area contributed by atoms with E-state index in [-0.39, 0.29) is 17.7 Å². The Morgan fingerprint density at radius 2 is 2.09 bits per heavy atom. The van der Waals surface area contributed by atoms with Crippen molar-refractivity contribution in [3.63, 3.8) is 0 Å². The van der Waals surface area contributed by atoms with Crippen LogP contribution in [0.4, 0.5) is 0 Å². The largest absolute Gasteiger partial charge is 0.304 e. The van der Waals surface area contributed by atoms with Crippen LogP contribution in [0.5, 0.6) is 0 Å². The molecule has 0 heterocycles. The predicted molar refractivity (Wildman–Crippen MR) is 47.5 cm³/mol. The molecule has 0 saturated heterocycles. The summed E-state index contributed by atoms with van der Waals surface area (Å²) < 4.78 is 0. The molecule has 0 bridgehead atoms. The summed E-state index contributed by atoms with van der Waals surface area (Å²) in [4.78, 5) is 11.1. The van der Waals surface area contributed by atoms with Crippen LogP contribution < -0.4 is 5.32 Å². The van der Waals surface area contributed by atoms with Gasteiger partial charge >= 0.3 is 0 Å². The van der Waals surface area contributed by atoms with E-state index in [1.165, 1.54) is 0 Å². The summed E-state index contributed by atoms with van der Waals surface area (Å²) in [5, 5.41) is 3.05. The first kappa shape index (κ1) is 10.4. The van der Waals surface area contributed by atoms with Crippen molar-refractivity contribution in [2.45, 2.75) is 26.8 Å². The second kappa shape index (κ2) is 5.08. The van der Waals surface area contributed by atoms with Gasteiger partial charge in [0.25, 0.3) is 0 Å². The van der Waals surface area contributed by atoms with Crippen LogP contribution in [0.15, 0.2) is 12.7 Å². The number of carbonyl (C=O) groups is 1. The highest BCUT2D eigenvalue weighted by Gasteiger charge is 2.06. The number of nitrogens with one attached hydrogen (secondary N) is 1. The third-order valence-corrected chi connectivity index (χ3v) is 1.60. The van der Waals surface area contributed by atoms with E-state index in [2.05, 4.69) is 11.9 Å². The Balaban J connectivity index is 3.54. The molecule has 0 rings (SSSR count). The van der Waals surface area contributed by atoms with Crippen molar-refractivity contribution in [3.05, 3.63) is 12.7 Å². The molecule has 64 valence electrons. The molecule has 0 radical (unpaired) electrons. The van der Waals surface area contributed by atoms with Gasteiger partial charge in [-0.2, -0.15) is 0 Å². The molecule has 0 aromatic rings. The van der Waals surface area contributed by atoms with Gasteiger partial charge in [0.2, 0.25) is 0 Å². The maximum atomic E-state index is 11.1. The minimum atomic E-state index is 0.125. The van der Waals surface area contributed by atoms with Gasteiger partial charge in [0, 0.05) is 12.0 Å². The predicted octanol–water partition coefficient (Wildman–Crippen LogP) is 1.38. The van der Waals surface area contributed by atoms with Gasteiger partial charge in [-0.25, -0.2) is 0 Å². The third-order valence-electron chi connectivity index (χ3n) is 1.60. The minimum Gasteiger partial charge on any atom is -0.304 e. The van der Waals surface area contributed by atoms with E-state index < -0.39 is 0 Å². The minimum absolute atomic E-state index is 0.125. The van der Waals surface area contributed by atoms with Crippen LogP contribution >= 0.6 is 0 Å². The monoisotopic (exact) mass is 155 g/mol. The van der Waals surface area contributed by atoms with Gasteiger partial charge in [-0.15, -0.1) is 6.58 Å². The summed E-state index contributed by atoms with van der Waals surface area (Å²) in [6, 6.07) is 0.220. The highest BCUT2D eigenvalue weighted by atomic mass is 16.1. The molecular formula is C9H17NO. The SMILES string of the molecule is C=CC(C)NCC(=O)C(C)C. The van der Waals surface area contributed by atoms with E-state index in [4.69, 9.17) is 0 Å². The van der Waals surface area contributed by atoms with Gasteiger partial charge in [-0.1, -0.05) is 19.9 Å². The van der Waals surface area contributed by atoms with E-state index in [1.54, 1.807) is 6.08 Å². The first-order valence-corrected chi connectivity index (χ1v) is 3.96. The molecule has 0 fully saturated rings. The summed E-state index contributed by atoms with van der Waals surface area (Å²) >= 11 is 0. The Kier molecular flexibility index (Phi) is 4.79. The fourth-order valence-corrected chi connectivity index (χ4v) is 0.549. The first-order valence-electron chi connectivity index (χ1n) is 3.96. The molecule has 0 aromatic carbocycles. The van der Waals surface area contributed by atoms with Crippen molar-refractivity contribution >= 4 is 5.78 Å². The lowest BCUT2D eigenvalue weighted by Crippen LogP contribution is -2.31. The zero-order chi connectivity index (χ0) is 8.85. The summed E-state index contributed by atoms with van der Waals surface area (Å²) in [6.07, 6.45) is 1.79. The Bertz CT molecular complexity index is 140. The zero-order valence-corrected chi connectivity index (χ0v) is 7.55. The highest BCUT2D eigenvalue weighted by molar-refractivity contribution is 5.82. The lowest BCUT2D eigenvalue weighted by Gasteiger charge is -2.09. The van der Waals surface area contributed by atoms with Crippen molar-refractivity contribution in [2.75, 3.05) is 6.54 Å². The van der Waals surface area contributed by atoms with E-state index in [9.17, 15) is 4.79 Å². The molecule has 0 aliphatic carbocycles. The molecule has 0 spiro atoms. The smallest absolute Gasteiger partial charge is 0.149 e. The number of hydrogen-bond acceptors (Lipinski definition) is 2. The second-order valence-corrected chi connectivity index (χ2v) is 3.03. The highest BCUT2D eigenvalue weighted by Crippen LogP contribution is 1.92. The maximum Gasteiger partial charge on any atom is 0.149 e. The number of Topliss-reactive ketones (excluding diaryl/α,β-unsaturated/α-hetero) is 1. The maximum absolute atomic E-state index is 11.1. The molecule has 0 amide bonds. The fraction of sp³-hybridized carbons (Fsp3) is 0.667. The fourth-order valence-electron chi connectivity index (χ4n) is 0.549. The van der Waals surface area contributed by atoms with Gasteiger partial charge in [0.1, 0.15) is 5.78 Å². The van der Waals surface area contributed by atoms with E-state index >= 15 is 0 Å². The lowest BCUT2D eigenvalue weighted by molar-refractivity contribution is -0.121. The molecular weight excluding hydrogens is 138 g/mol. The number of hydrogen-bond donors (Lipinski definition) is 1. The van der Waals surface area contributed by atoms with Gasteiger partial charge < -0.3 is 5.32 Å². The second-order valence-electron chi connectivity index (χ2n) is 3.03. The Morgan fingerprint density at radius 3 is 2.45 bits per heavy atom. The van der Waals surface area contributed by atoms with Crippen molar-refractivity contribution in [3.8, 4) is 0 Å². The average molecular weight is 155 g/mol. The summed E-state index contributed by atoms with van der Waals surface area (Å²) in [5.41, 5.74) is 0. The number of carbonyl (C=O) groups excluding carboxylic acids is 1. The van der Waals surface area contributed by atoms with Crippen LogP contribution in [0, 0.1) is 5.92 Å². The van der Waals surface area contributed by atoms with Crippen molar-refractivity contribution < 1.29 is 4.79 Å². The molecule has 0 aliphatic heterocycles. The zero-order valence-electron chi connectivity index (χ0n) is 7.55. The Hall–Kier alpha value is -0.630. The van der Waals surface area contributed by atoms with Crippen LogP contribution in [-0.2, 0) is 4.79 Å². The van der Waals surface area contributed by atoms with E-state index in [0.29, 0.717) is 6.54 Å². The van der Waals surface area contributed by atoms with Crippen LogP contribution in [0.3, 0.4) is 0 Å². The molecule has 2 heteroatoms. The lowest BCUT2D eigenvalue weighted by atomic mass is 10.1. The molecule has 2 nitrogen and oxygen atoms in total. The van der Waals surface area contributed by atoms with E-state index in [1.807, 2.05) is 20.8 Å². The topological polar surface area (TPSA) is 29.1 Å². The Labute approximate surface area is 68.7 Å². The third kappa shape index (κ3) is 4.73. The summed E-state index contributed by atoms with van der Waals surface area (Å²) in [6.45, 7) is 9.84. The van der Waals surface area contributed by atoms with Crippen molar-refractivity contribution in [1.82, 2.24) is 5.32 Å². The molecule has 1 unspecified atom stereocenters. The van der Waals surface area contributed by atoms with Crippen LogP contribution in [0.1, 0.15) is 20.8 Å². The van der Waals surface area contributed by atoms with E-state index in [0.717, 1.165) is 0 Å². The molecule has 0 aromatic heterocycles. The standard InChI is InChI=1S/C9H17NO/c1-5-8(4)10-6-9(11)7(2)3/h5,7-8,10H,1,6H2,2-4H3. The molecule has 0 saturated carbocycles. The Morgan fingerprint density at radius 1 is 1.55 bits per heavy atom. The quantitative estimate of drug-likeness (QED) is 0.608. The first-order chi connectivity index (χ1) is 5.07. The average Bonchev–Trinajstić information content (AvgIpc) is 1.99. The van der Waals surface area contributed by atoms with Gasteiger partial charge in [0.05, 0.1) is 6.54 Å². The van der Waals surface area contributed by atoms with Crippen LogP contribution in [0.2, 0.25) is 0 Å². The van der Waals surface area contributed by atoms with Crippen molar-refractivity contribution in [2.24, 2.45) is 5.92 Å². The number of rotatable bonds is 5.